The standard InChI is InChI=1S/C11H11FO2/c1-2-14-11-6-5-10(12)8-9(11)4-3-7-13/h3-8H,2H2,1H3. The summed E-state index contributed by atoms with van der Waals surface area (Å²) in [5, 5.41) is 0. The summed E-state index contributed by atoms with van der Waals surface area (Å²) in [6.07, 6.45) is 3.46. The molecule has 0 aliphatic heterocycles. The van der Waals surface area contributed by atoms with Crippen molar-refractivity contribution in [3.8, 4) is 5.75 Å². The van der Waals surface area contributed by atoms with E-state index in [-0.39, 0.29) is 5.82 Å². The summed E-state index contributed by atoms with van der Waals surface area (Å²) in [7, 11) is 0. The summed E-state index contributed by atoms with van der Waals surface area (Å²) < 4.78 is 18.1. The van der Waals surface area contributed by atoms with Crippen LogP contribution in [0, 0.1) is 5.82 Å². The lowest BCUT2D eigenvalue weighted by molar-refractivity contribution is -0.104. The Morgan fingerprint density at radius 2 is 2.29 bits per heavy atom. The average molecular weight is 194 g/mol. The van der Waals surface area contributed by atoms with Crippen LogP contribution in [0.4, 0.5) is 4.39 Å². The monoisotopic (exact) mass is 194 g/mol. The summed E-state index contributed by atoms with van der Waals surface area (Å²) in [4.78, 5) is 10.1. The van der Waals surface area contributed by atoms with Crippen molar-refractivity contribution in [2.24, 2.45) is 0 Å². The first-order valence-corrected chi connectivity index (χ1v) is 4.32. The zero-order valence-electron chi connectivity index (χ0n) is 7.87. The molecule has 14 heavy (non-hydrogen) atoms. The number of carbonyl (C=O) groups excluding carboxylic acids is 1. The number of rotatable bonds is 4. The minimum atomic E-state index is -0.348. The maximum absolute atomic E-state index is 12.8. The van der Waals surface area contributed by atoms with Crippen LogP contribution in [0.5, 0.6) is 5.75 Å². The second-order valence-electron chi connectivity index (χ2n) is 2.61. The topological polar surface area (TPSA) is 26.3 Å². The molecule has 0 fully saturated rings. The van der Waals surface area contributed by atoms with E-state index in [2.05, 4.69) is 0 Å². The molecule has 3 heteroatoms. The van der Waals surface area contributed by atoms with Gasteiger partial charge in [0, 0.05) is 5.56 Å². The van der Waals surface area contributed by atoms with Gasteiger partial charge in [0.15, 0.2) is 0 Å². The van der Waals surface area contributed by atoms with Gasteiger partial charge in [-0.3, -0.25) is 4.79 Å². The van der Waals surface area contributed by atoms with E-state index < -0.39 is 0 Å². The summed E-state index contributed by atoms with van der Waals surface area (Å²) in [6.45, 7) is 2.35. The number of carbonyl (C=O) groups is 1. The third-order valence-corrected chi connectivity index (χ3v) is 1.63. The van der Waals surface area contributed by atoms with E-state index in [1.54, 1.807) is 6.07 Å². The van der Waals surface area contributed by atoms with E-state index in [0.29, 0.717) is 24.2 Å². The molecule has 1 rings (SSSR count). The molecular weight excluding hydrogens is 183 g/mol. The first kappa shape index (κ1) is 10.4. The molecule has 0 aromatic heterocycles. The summed E-state index contributed by atoms with van der Waals surface area (Å²) >= 11 is 0. The highest BCUT2D eigenvalue weighted by Gasteiger charge is 2.01. The Morgan fingerprint density at radius 1 is 1.50 bits per heavy atom. The number of allylic oxidation sites excluding steroid dienone is 1. The van der Waals surface area contributed by atoms with Gasteiger partial charge in [0.1, 0.15) is 17.9 Å². The van der Waals surface area contributed by atoms with Gasteiger partial charge < -0.3 is 4.74 Å². The molecule has 0 aliphatic carbocycles. The lowest BCUT2D eigenvalue weighted by Crippen LogP contribution is -1.94. The maximum atomic E-state index is 12.8. The molecule has 74 valence electrons. The van der Waals surface area contributed by atoms with Gasteiger partial charge >= 0.3 is 0 Å². The van der Waals surface area contributed by atoms with Crippen molar-refractivity contribution < 1.29 is 13.9 Å². The second-order valence-corrected chi connectivity index (χ2v) is 2.61. The van der Waals surface area contributed by atoms with Crippen LogP contribution in [0.15, 0.2) is 24.3 Å². The molecule has 0 unspecified atom stereocenters. The fourth-order valence-corrected chi connectivity index (χ4v) is 1.08. The highest BCUT2D eigenvalue weighted by Crippen LogP contribution is 2.20. The van der Waals surface area contributed by atoms with Gasteiger partial charge in [-0.1, -0.05) is 0 Å². The minimum absolute atomic E-state index is 0.348. The molecule has 0 spiro atoms. The Hall–Kier alpha value is -1.64. The molecule has 0 aliphatic rings. The second kappa shape index (κ2) is 5.17. The van der Waals surface area contributed by atoms with Crippen LogP contribution < -0.4 is 4.74 Å². The number of halogens is 1. The van der Waals surface area contributed by atoms with Crippen molar-refractivity contribution in [2.75, 3.05) is 6.61 Å². The Bertz CT molecular complexity index is 345. The van der Waals surface area contributed by atoms with Gasteiger partial charge in [-0.05, 0) is 37.3 Å². The number of aldehydes is 1. The van der Waals surface area contributed by atoms with Crippen LogP contribution in [-0.4, -0.2) is 12.9 Å². The molecule has 2 nitrogen and oxygen atoms in total. The van der Waals surface area contributed by atoms with Crippen molar-refractivity contribution in [1.29, 1.82) is 0 Å². The van der Waals surface area contributed by atoms with Gasteiger partial charge in [-0.15, -0.1) is 0 Å². The molecular formula is C11H11FO2. The molecule has 0 saturated carbocycles. The molecule has 0 N–H and O–H groups in total. The molecule has 0 saturated heterocycles. The molecule has 0 amide bonds. The van der Waals surface area contributed by atoms with Gasteiger partial charge in [0.2, 0.25) is 0 Å². The van der Waals surface area contributed by atoms with Crippen molar-refractivity contribution in [3.05, 3.63) is 35.7 Å². The van der Waals surface area contributed by atoms with Crippen molar-refractivity contribution in [1.82, 2.24) is 0 Å². The first-order chi connectivity index (χ1) is 6.77. The van der Waals surface area contributed by atoms with E-state index in [0.717, 1.165) is 0 Å². The summed E-state index contributed by atoms with van der Waals surface area (Å²) in [5.41, 5.74) is 0.568. The van der Waals surface area contributed by atoms with Crippen molar-refractivity contribution in [3.63, 3.8) is 0 Å². The van der Waals surface area contributed by atoms with E-state index in [4.69, 9.17) is 4.74 Å². The molecule has 0 heterocycles. The van der Waals surface area contributed by atoms with E-state index in [1.165, 1.54) is 24.3 Å². The fourth-order valence-electron chi connectivity index (χ4n) is 1.08. The fraction of sp³-hybridized carbons (Fsp3) is 0.182. The Labute approximate surface area is 82.0 Å². The predicted molar refractivity (Wildman–Crippen MR) is 52.7 cm³/mol. The molecule has 1 aromatic carbocycles. The van der Waals surface area contributed by atoms with Gasteiger partial charge in [-0.2, -0.15) is 0 Å². The molecule has 0 radical (unpaired) electrons. The Morgan fingerprint density at radius 3 is 2.93 bits per heavy atom. The third-order valence-electron chi connectivity index (χ3n) is 1.63. The largest absolute Gasteiger partial charge is 0.493 e. The van der Waals surface area contributed by atoms with Crippen LogP contribution >= 0.6 is 0 Å². The average Bonchev–Trinajstić information content (AvgIpc) is 2.18. The maximum Gasteiger partial charge on any atom is 0.142 e. The van der Waals surface area contributed by atoms with Crippen LogP contribution in [0.1, 0.15) is 12.5 Å². The SMILES string of the molecule is CCOc1ccc(F)cc1C=CC=O. The van der Waals surface area contributed by atoms with Crippen molar-refractivity contribution >= 4 is 12.4 Å². The van der Waals surface area contributed by atoms with Gasteiger partial charge in [0.05, 0.1) is 6.61 Å². The highest BCUT2D eigenvalue weighted by molar-refractivity contribution is 5.75. The van der Waals surface area contributed by atoms with Crippen LogP contribution in [0.3, 0.4) is 0 Å². The quantitative estimate of drug-likeness (QED) is 0.543. The smallest absolute Gasteiger partial charge is 0.142 e. The minimum Gasteiger partial charge on any atom is -0.493 e. The van der Waals surface area contributed by atoms with Crippen molar-refractivity contribution in [2.45, 2.75) is 6.92 Å². The summed E-state index contributed by atoms with van der Waals surface area (Å²) in [6, 6.07) is 4.19. The van der Waals surface area contributed by atoms with E-state index in [1.807, 2.05) is 6.92 Å². The Kier molecular flexibility index (Phi) is 3.85. The molecule has 1 aromatic rings. The van der Waals surface area contributed by atoms with Crippen LogP contribution in [0.25, 0.3) is 6.08 Å². The van der Waals surface area contributed by atoms with E-state index >= 15 is 0 Å². The van der Waals surface area contributed by atoms with Gasteiger partial charge in [-0.25, -0.2) is 4.39 Å². The highest BCUT2D eigenvalue weighted by atomic mass is 19.1. The predicted octanol–water partition coefficient (Wildman–Crippen LogP) is 2.44. The van der Waals surface area contributed by atoms with Crippen LogP contribution in [0.2, 0.25) is 0 Å². The van der Waals surface area contributed by atoms with E-state index in [9.17, 15) is 9.18 Å². The zero-order valence-corrected chi connectivity index (χ0v) is 7.87. The Balaban J connectivity index is 3.02. The number of ether oxygens (including phenoxy) is 1. The van der Waals surface area contributed by atoms with Gasteiger partial charge in [0.25, 0.3) is 0 Å². The lowest BCUT2D eigenvalue weighted by Gasteiger charge is -2.06. The number of hydrogen-bond donors (Lipinski definition) is 0. The first-order valence-electron chi connectivity index (χ1n) is 4.32. The number of benzene rings is 1. The van der Waals surface area contributed by atoms with Crippen LogP contribution in [-0.2, 0) is 4.79 Å². The summed E-state index contributed by atoms with van der Waals surface area (Å²) in [5.74, 6) is 0.228. The third kappa shape index (κ3) is 2.69. The lowest BCUT2D eigenvalue weighted by atomic mass is 10.2. The zero-order chi connectivity index (χ0) is 10.4. The normalized spacial score (nSPS) is 10.4. The molecule has 0 atom stereocenters. The number of hydrogen-bond acceptors (Lipinski definition) is 2. The molecule has 0 bridgehead atoms.